The summed E-state index contributed by atoms with van der Waals surface area (Å²) in [4.78, 5) is 15.4. The van der Waals surface area contributed by atoms with Crippen molar-refractivity contribution >= 4 is 11.8 Å². The summed E-state index contributed by atoms with van der Waals surface area (Å²) in [6.45, 7) is 1.88. The molecule has 0 atom stereocenters. The Morgan fingerprint density at radius 2 is 2.26 bits per heavy atom. The first-order valence-electron chi connectivity index (χ1n) is 5.50. The van der Waals surface area contributed by atoms with E-state index < -0.39 is 5.97 Å². The summed E-state index contributed by atoms with van der Waals surface area (Å²) in [5.41, 5.74) is 8.08. The van der Waals surface area contributed by atoms with Gasteiger partial charge in [0.2, 0.25) is 0 Å². The van der Waals surface area contributed by atoms with E-state index >= 15 is 0 Å². The number of benzene rings is 1. The van der Waals surface area contributed by atoms with Crippen LogP contribution in [0.2, 0.25) is 0 Å². The molecule has 0 unspecified atom stereocenters. The van der Waals surface area contributed by atoms with E-state index in [1.165, 1.54) is 13.4 Å². The van der Waals surface area contributed by atoms with Gasteiger partial charge in [-0.2, -0.15) is 5.26 Å². The highest BCUT2D eigenvalue weighted by Gasteiger charge is 2.17. The van der Waals surface area contributed by atoms with E-state index in [9.17, 15) is 4.79 Å². The molecule has 0 aliphatic rings. The Kier molecular flexibility index (Phi) is 3.21. The highest BCUT2D eigenvalue weighted by atomic mass is 16.5. The summed E-state index contributed by atoms with van der Waals surface area (Å²) >= 11 is 0. The number of ether oxygens (including phenoxy) is 1. The quantitative estimate of drug-likeness (QED) is 0.820. The molecule has 2 rings (SSSR count). The SMILES string of the molecule is COC(=O)c1ncn(-c2cc(C#N)ccc2C)c1N. The molecule has 0 aliphatic carbocycles. The molecule has 1 heterocycles. The minimum Gasteiger partial charge on any atom is -0.464 e. The second-order valence-corrected chi connectivity index (χ2v) is 3.95. The number of methoxy groups -OCH3 is 1. The van der Waals surface area contributed by atoms with E-state index in [-0.39, 0.29) is 11.5 Å². The van der Waals surface area contributed by atoms with Gasteiger partial charge in [-0.05, 0) is 24.6 Å². The number of rotatable bonds is 2. The first-order valence-corrected chi connectivity index (χ1v) is 5.50. The number of nitrogens with zero attached hydrogens (tertiary/aromatic N) is 3. The smallest absolute Gasteiger partial charge is 0.360 e. The van der Waals surface area contributed by atoms with Crippen LogP contribution in [0.15, 0.2) is 24.5 Å². The molecule has 6 heteroatoms. The van der Waals surface area contributed by atoms with Gasteiger partial charge in [-0.15, -0.1) is 0 Å². The van der Waals surface area contributed by atoms with E-state index in [1.54, 1.807) is 16.7 Å². The van der Waals surface area contributed by atoms with Crippen LogP contribution in [0, 0.1) is 18.3 Å². The van der Waals surface area contributed by atoms with Crippen molar-refractivity contribution in [2.24, 2.45) is 0 Å². The van der Waals surface area contributed by atoms with Gasteiger partial charge in [0.15, 0.2) is 5.69 Å². The standard InChI is InChI=1S/C13H12N4O2/c1-8-3-4-9(6-14)5-10(8)17-7-16-11(12(17)15)13(18)19-2/h3-5,7H,15H2,1-2H3. The van der Waals surface area contributed by atoms with E-state index in [1.807, 2.05) is 13.0 Å². The lowest BCUT2D eigenvalue weighted by atomic mass is 10.1. The fourth-order valence-corrected chi connectivity index (χ4v) is 1.74. The lowest BCUT2D eigenvalue weighted by Gasteiger charge is -2.09. The van der Waals surface area contributed by atoms with Gasteiger partial charge in [0.1, 0.15) is 12.1 Å². The van der Waals surface area contributed by atoms with Gasteiger partial charge in [0.25, 0.3) is 0 Å². The van der Waals surface area contributed by atoms with Crippen LogP contribution in [0.4, 0.5) is 5.82 Å². The molecule has 1 aromatic heterocycles. The largest absolute Gasteiger partial charge is 0.464 e. The molecule has 0 saturated carbocycles. The number of hydrogen-bond acceptors (Lipinski definition) is 5. The van der Waals surface area contributed by atoms with Crippen LogP contribution < -0.4 is 5.73 Å². The topological polar surface area (TPSA) is 93.9 Å². The zero-order valence-electron chi connectivity index (χ0n) is 10.5. The second-order valence-electron chi connectivity index (χ2n) is 3.95. The maximum Gasteiger partial charge on any atom is 0.360 e. The highest BCUT2D eigenvalue weighted by molar-refractivity contribution is 5.92. The third-order valence-corrected chi connectivity index (χ3v) is 2.78. The first-order chi connectivity index (χ1) is 9.08. The number of nitriles is 1. The number of imidazole rings is 1. The summed E-state index contributed by atoms with van der Waals surface area (Å²) in [5.74, 6) is -0.407. The average Bonchev–Trinajstić information content (AvgIpc) is 2.80. The molecule has 6 nitrogen and oxygen atoms in total. The van der Waals surface area contributed by atoms with Crippen LogP contribution in [-0.2, 0) is 4.74 Å². The zero-order chi connectivity index (χ0) is 14.0. The number of anilines is 1. The molecule has 0 bridgehead atoms. The molecule has 19 heavy (non-hydrogen) atoms. The van der Waals surface area contributed by atoms with Gasteiger partial charge in [-0.25, -0.2) is 9.78 Å². The summed E-state index contributed by atoms with van der Waals surface area (Å²) in [6.07, 6.45) is 1.44. The minimum atomic E-state index is -0.592. The third-order valence-electron chi connectivity index (χ3n) is 2.78. The van der Waals surface area contributed by atoms with Crippen molar-refractivity contribution < 1.29 is 9.53 Å². The van der Waals surface area contributed by atoms with Crippen molar-refractivity contribution in [3.8, 4) is 11.8 Å². The molecule has 2 aromatic rings. The lowest BCUT2D eigenvalue weighted by molar-refractivity contribution is 0.0596. The van der Waals surface area contributed by atoms with Crippen LogP contribution >= 0.6 is 0 Å². The normalized spacial score (nSPS) is 9.95. The number of carbonyl (C=O) groups is 1. The molecule has 1 aromatic carbocycles. The van der Waals surface area contributed by atoms with Gasteiger partial charge < -0.3 is 10.5 Å². The van der Waals surface area contributed by atoms with Crippen molar-refractivity contribution in [1.82, 2.24) is 9.55 Å². The highest BCUT2D eigenvalue weighted by Crippen LogP contribution is 2.21. The predicted octanol–water partition coefficient (Wildman–Crippen LogP) is 1.42. The van der Waals surface area contributed by atoms with Crippen molar-refractivity contribution in [3.63, 3.8) is 0 Å². The number of aromatic nitrogens is 2. The molecule has 96 valence electrons. The molecular formula is C13H12N4O2. The average molecular weight is 256 g/mol. The molecule has 0 fully saturated rings. The molecule has 2 N–H and O–H groups in total. The number of esters is 1. The maximum absolute atomic E-state index is 11.5. The Morgan fingerprint density at radius 1 is 1.53 bits per heavy atom. The Morgan fingerprint density at radius 3 is 2.89 bits per heavy atom. The summed E-state index contributed by atoms with van der Waals surface area (Å²) in [7, 11) is 1.27. The Labute approximate surface area is 110 Å². The van der Waals surface area contributed by atoms with Gasteiger partial charge in [-0.3, -0.25) is 4.57 Å². The van der Waals surface area contributed by atoms with Crippen LogP contribution in [0.3, 0.4) is 0 Å². The number of nitrogens with two attached hydrogens (primary N) is 1. The van der Waals surface area contributed by atoms with Gasteiger partial charge in [0, 0.05) is 0 Å². The molecular weight excluding hydrogens is 244 g/mol. The van der Waals surface area contributed by atoms with E-state index in [0.717, 1.165) is 5.56 Å². The van der Waals surface area contributed by atoms with Crippen molar-refractivity contribution in [2.75, 3.05) is 12.8 Å². The van der Waals surface area contributed by atoms with Gasteiger partial charge >= 0.3 is 5.97 Å². The predicted molar refractivity (Wildman–Crippen MR) is 68.8 cm³/mol. The Balaban J connectivity index is 2.57. The van der Waals surface area contributed by atoms with E-state index in [4.69, 9.17) is 11.0 Å². The third kappa shape index (κ3) is 2.13. The summed E-state index contributed by atoms with van der Waals surface area (Å²) in [6, 6.07) is 7.27. The van der Waals surface area contributed by atoms with Crippen molar-refractivity contribution in [2.45, 2.75) is 6.92 Å². The lowest BCUT2D eigenvalue weighted by Crippen LogP contribution is -2.08. The number of aryl methyl sites for hydroxylation is 1. The first kappa shape index (κ1) is 12.6. The molecule has 0 aliphatic heterocycles. The zero-order valence-corrected chi connectivity index (χ0v) is 10.5. The number of carbonyl (C=O) groups excluding carboxylic acids is 1. The minimum absolute atomic E-state index is 0.0595. The second kappa shape index (κ2) is 4.82. The Hall–Kier alpha value is -2.81. The van der Waals surface area contributed by atoms with Crippen LogP contribution in [0.5, 0.6) is 0 Å². The fourth-order valence-electron chi connectivity index (χ4n) is 1.74. The van der Waals surface area contributed by atoms with Gasteiger partial charge in [0.05, 0.1) is 24.4 Å². The number of hydrogen-bond donors (Lipinski definition) is 1. The molecule has 0 saturated heterocycles. The monoisotopic (exact) mass is 256 g/mol. The van der Waals surface area contributed by atoms with E-state index in [2.05, 4.69) is 15.8 Å². The van der Waals surface area contributed by atoms with Crippen LogP contribution in [0.1, 0.15) is 21.6 Å². The fraction of sp³-hybridized carbons (Fsp3) is 0.154. The van der Waals surface area contributed by atoms with Gasteiger partial charge in [-0.1, -0.05) is 6.07 Å². The molecule has 0 radical (unpaired) electrons. The summed E-state index contributed by atoms with van der Waals surface area (Å²) < 4.78 is 6.15. The van der Waals surface area contributed by atoms with Crippen LogP contribution in [-0.4, -0.2) is 22.6 Å². The van der Waals surface area contributed by atoms with Crippen molar-refractivity contribution in [3.05, 3.63) is 41.3 Å². The van der Waals surface area contributed by atoms with Crippen LogP contribution in [0.25, 0.3) is 5.69 Å². The Bertz CT molecular complexity index is 682. The maximum atomic E-state index is 11.5. The molecule has 0 amide bonds. The number of nitrogen functional groups attached to an aromatic ring is 1. The summed E-state index contributed by atoms with van der Waals surface area (Å²) in [5, 5.41) is 8.92. The molecule has 0 spiro atoms. The van der Waals surface area contributed by atoms with Crippen molar-refractivity contribution in [1.29, 1.82) is 5.26 Å². The van der Waals surface area contributed by atoms with E-state index in [0.29, 0.717) is 11.3 Å².